The van der Waals surface area contributed by atoms with Gasteiger partial charge in [0.1, 0.15) is 0 Å². The molecule has 0 aromatic carbocycles. The van der Waals surface area contributed by atoms with Gasteiger partial charge in [0.15, 0.2) is 0 Å². The van der Waals surface area contributed by atoms with Crippen LogP contribution in [0.3, 0.4) is 0 Å². The fraction of sp³-hybridized carbons (Fsp3) is 0.500. The van der Waals surface area contributed by atoms with Crippen LogP contribution in [0.15, 0.2) is 21.9 Å². The van der Waals surface area contributed by atoms with Gasteiger partial charge in [-0.05, 0) is 40.7 Å². The van der Waals surface area contributed by atoms with E-state index >= 15 is 0 Å². The lowest BCUT2D eigenvalue weighted by molar-refractivity contribution is 0.488. The largest absolute Gasteiger partial charge is 0.331 e. The summed E-state index contributed by atoms with van der Waals surface area (Å²) >= 11 is 0. The zero-order chi connectivity index (χ0) is 14.3. The summed E-state index contributed by atoms with van der Waals surface area (Å²) in [7, 11) is 0. The number of aromatic nitrogens is 3. The van der Waals surface area contributed by atoms with Crippen molar-refractivity contribution in [2.45, 2.75) is 46.7 Å². The number of hydrogen-bond donors (Lipinski definition) is 0. The third-order valence-electron chi connectivity index (χ3n) is 3.26. The molecule has 0 radical (unpaired) electrons. The molecule has 0 spiro atoms. The van der Waals surface area contributed by atoms with Crippen LogP contribution in [0.5, 0.6) is 0 Å². The average Bonchev–Trinajstić information content (AvgIpc) is 2.27. The van der Waals surface area contributed by atoms with E-state index in [9.17, 15) is 9.59 Å². The molecule has 0 aliphatic heterocycles. The van der Waals surface area contributed by atoms with E-state index < -0.39 is 0 Å². The standard InChI is InChI=1S/C14H19N3O2/c1-8(2)16-11-6-7-15-10(5)12(11)13(18)17(9(3)4)14(16)19/h6-9H,1-5H3. The highest BCUT2D eigenvalue weighted by Crippen LogP contribution is 2.15. The molecule has 0 aliphatic rings. The zero-order valence-electron chi connectivity index (χ0n) is 12.0. The second-order valence-corrected chi connectivity index (χ2v) is 5.31. The maximum absolute atomic E-state index is 12.5. The lowest BCUT2D eigenvalue weighted by atomic mass is 10.2. The molecule has 2 heterocycles. The van der Waals surface area contributed by atoms with Gasteiger partial charge in [-0.2, -0.15) is 0 Å². The molecule has 19 heavy (non-hydrogen) atoms. The van der Waals surface area contributed by atoms with E-state index in [1.54, 1.807) is 23.8 Å². The van der Waals surface area contributed by atoms with Crippen LogP contribution >= 0.6 is 0 Å². The maximum atomic E-state index is 12.5. The van der Waals surface area contributed by atoms with Gasteiger partial charge >= 0.3 is 5.69 Å². The lowest BCUT2D eigenvalue weighted by Gasteiger charge is -2.19. The number of nitrogens with zero attached hydrogens (tertiary/aromatic N) is 3. The molecule has 0 saturated carbocycles. The molecule has 5 heteroatoms. The summed E-state index contributed by atoms with van der Waals surface area (Å²) in [6.07, 6.45) is 1.63. The van der Waals surface area contributed by atoms with Gasteiger partial charge in [0, 0.05) is 18.3 Å². The fourth-order valence-corrected chi connectivity index (χ4v) is 2.40. The number of fused-ring (bicyclic) bond motifs is 1. The quantitative estimate of drug-likeness (QED) is 0.831. The number of rotatable bonds is 2. The number of hydrogen-bond acceptors (Lipinski definition) is 3. The SMILES string of the molecule is Cc1nccc2c1c(=O)n(C(C)C)c(=O)n2C(C)C. The minimum absolute atomic E-state index is 0.0117. The molecule has 0 fully saturated rings. The van der Waals surface area contributed by atoms with E-state index in [0.29, 0.717) is 16.6 Å². The van der Waals surface area contributed by atoms with Crippen molar-refractivity contribution in [2.75, 3.05) is 0 Å². The van der Waals surface area contributed by atoms with Gasteiger partial charge in [-0.1, -0.05) is 0 Å². The van der Waals surface area contributed by atoms with Crippen LogP contribution in [0.1, 0.15) is 45.5 Å². The van der Waals surface area contributed by atoms with Gasteiger partial charge in [-0.15, -0.1) is 0 Å². The monoisotopic (exact) mass is 261 g/mol. The highest BCUT2D eigenvalue weighted by Gasteiger charge is 2.18. The number of pyridine rings is 1. The topological polar surface area (TPSA) is 56.9 Å². The molecule has 0 atom stereocenters. The van der Waals surface area contributed by atoms with Crippen molar-refractivity contribution < 1.29 is 0 Å². The van der Waals surface area contributed by atoms with E-state index in [2.05, 4.69) is 4.98 Å². The minimum atomic E-state index is -0.256. The molecule has 0 unspecified atom stereocenters. The minimum Gasteiger partial charge on any atom is -0.291 e. The molecule has 0 amide bonds. The van der Waals surface area contributed by atoms with Crippen molar-refractivity contribution in [3.63, 3.8) is 0 Å². The predicted octanol–water partition coefficient (Wildman–Crippen LogP) is 2.03. The van der Waals surface area contributed by atoms with E-state index in [1.807, 2.05) is 27.7 Å². The van der Waals surface area contributed by atoms with Crippen LogP contribution in [0, 0.1) is 6.92 Å². The van der Waals surface area contributed by atoms with E-state index in [4.69, 9.17) is 0 Å². The predicted molar refractivity (Wildman–Crippen MR) is 75.8 cm³/mol. The Morgan fingerprint density at radius 2 is 1.63 bits per heavy atom. The van der Waals surface area contributed by atoms with Crippen LogP contribution < -0.4 is 11.2 Å². The lowest BCUT2D eigenvalue weighted by Crippen LogP contribution is -2.42. The molecule has 0 saturated heterocycles. The molecule has 102 valence electrons. The van der Waals surface area contributed by atoms with E-state index in [0.717, 1.165) is 0 Å². The van der Waals surface area contributed by atoms with Gasteiger partial charge in [0.25, 0.3) is 5.56 Å². The van der Waals surface area contributed by atoms with E-state index in [-0.39, 0.29) is 23.3 Å². The highest BCUT2D eigenvalue weighted by molar-refractivity contribution is 5.80. The first-order chi connectivity index (χ1) is 8.86. The Bertz CT molecular complexity index is 739. The molecule has 2 rings (SSSR count). The molecule has 2 aromatic rings. The first kappa shape index (κ1) is 13.5. The van der Waals surface area contributed by atoms with E-state index in [1.165, 1.54) is 4.57 Å². The fourth-order valence-electron chi connectivity index (χ4n) is 2.40. The number of aryl methyl sites for hydroxylation is 1. The first-order valence-corrected chi connectivity index (χ1v) is 6.48. The summed E-state index contributed by atoms with van der Waals surface area (Å²) < 4.78 is 2.96. The Kier molecular flexibility index (Phi) is 3.30. The second-order valence-electron chi connectivity index (χ2n) is 5.31. The third kappa shape index (κ3) is 1.99. The van der Waals surface area contributed by atoms with Crippen molar-refractivity contribution in [3.8, 4) is 0 Å². The Labute approximate surface area is 111 Å². The van der Waals surface area contributed by atoms with Crippen LogP contribution in [-0.2, 0) is 0 Å². The normalized spacial score (nSPS) is 11.7. The van der Waals surface area contributed by atoms with Crippen molar-refractivity contribution in [2.24, 2.45) is 0 Å². The first-order valence-electron chi connectivity index (χ1n) is 6.48. The smallest absolute Gasteiger partial charge is 0.291 e. The van der Waals surface area contributed by atoms with Crippen LogP contribution in [0.2, 0.25) is 0 Å². The third-order valence-corrected chi connectivity index (χ3v) is 3.26. The summed E-state index contributed by atoms with van der Waals surface area (Å²) in [6.45, 7) is 9.34. The molecule has 0 bridgehead atoms. The van der Waals surface area contributed by atoms with Crippen molar-refractivity contribution in [3.05, 3.63) is 38.8 Å². The zero-order valence-corrected chi connectivity index (χ0v) is 12.0. The summed E-state index contributed by atoms with van der Waals surface area (Å²) in [6, 6.07) is 1.55. The second kappa shape index (κ2) is 4.64. The molecular weight excluding hydrogens is 242 g/mol. The van der Waals surface area contributed by atoms with Crippen molar-refractivity contribution >= 4 is 10.9 Å². The van der Waals surface area contributed by atoms with Gasteiger partial charge in [0.05, 0.1) is 16.6 Å². The molecule has 0 aliphatic carbocycles. The van der Waals surface area contributed by atoms with Gasteiger partial charge in [-0.3, -0.25) is 18.9 Å². The summed E-state index contributed by atoms with van der Waals surface area (Å²) in [5.41, 5.74) is 0.811. The van der Waals surface area contributed by atoms with Gasteiger partial charge < -0.3 is 0 Å². The Hall–Kier alpha value is -1.91. The Morgan fingerprint density at radius 3 is 2.16 bits per heavy atom. The van der Waals surface area contributed by atoms with Crippen LogP contribution in [-0.4, -0.2) is 14.1 Å². The van der Waals surface area contributed by atoms with Crippen LogP contribution in [0.4, 0.5) is 0 Å². The highest BCUT2D eigenvalue weighted by atomic mass is 16.2. The van der Waals surface area contributed by atoms with Gasteiger partial charge in [-0.25, -0.2) is 4.79 Å². The Morgan fingerprint density at radius 1 is 1.05 bits per heavy atom. The summed E-state index contributed by atoms with van der Waals surface area (Å²) in [5.74, 6) is 0. The summed E-state index contributed by atoms with van der Waals surface area (Å²) in [5, 5.41) is 0.532. The van der Waals surface area contributed by atoms with Crippen LogP contribution in [0.25, 0.3) is 10.9 Å². The maximum Gasteiger partial charge on any atom is 0.331 e. The molecular formula is C14H19N3O2. The van der Waals surface area contributed by atoms with Gasteiger partial charge in [0.2, 0.25) is 0 Å². The molecule has 2 aromatic heterocycles. The summed E-state index contributed by atoms with van der Waals surface area (Å²) in [4.78, 5) is 29.2. The molecule has 5 nitrogen and oxygen atoms in total. The molecule has 0 N–H and O–H groups in total. The van der Waals surface area contributed by atoms with Crippen molar-refractivity contribution in [1.29, 1.82) is 0 Å². The average molecular weight is 261 g/mol. The Balaban J connectivity index is 3.14. The van der Waals surface area contributed by atoms with Crippen molar-refractivity contribution in [1.82, 2.24) is 14.1 Å².